The van der Waals surface area contributed by atoms with Crippen LogP contribution >= 0.6 is 24.8 Å². The van der Waals surface area contributed by atoms with Crippen molar-refractivity contribution < 1.29 is 9.47 Å². The van der Waals surface area contributed by atoms with Crippen molar-refractivity contribution in [2.24, 2.45) is 0 Å². The molecule has 0 amide bonds. The monoisotopic (exact) mass is 366 g/mol. The van der Waals surface area contributed by atoms with Crippen molar-refractivity contribution in [1.82, 2.24) is 9.97 Å². The molecule has 0 N–H and O–H groups in total. The third kappa shape index (κ3) is 4.42. The summed E-state index contributed by atoms with van der Waals surface area (Å²) >= 11 is 0. The molecule has 0 aliphatic carbocycles. The molecule has 6 heteroatoms. The molecule has 2 heterocycles. The van der Waals surface area contributed by atoms with Gasteiger partial charge < -0.3 is 9.47 Å². The van der Waals surface area contributed by atoms with Crippen LogP contribution in [0.25, 0.3) is 22.0 Å². The topological polar surface area (TPSA) is 44.2 Å². The maximum Gasteiger partial charge on any atom is 0.0723 e. The zero-order chi connectivity index (χ0) is 15.4. The lowest BCUT2D eigenvalue weighted by Gasteiger charge is -2.11. The van der Waals surface area contributed by atoms with Gasteiger partial charge in [0.2, 0.25) is 0 Å². The Bertz CT molecular complexity index is 783. The van der Waals surface area contributed by atoms with Gasteiger partial charge in [0, 0.05) is 43.8 Å². The number of fused-ring (bicyclic) bond motifs is 1. The van der Waals surface area contributed by atoms with Gasteiger partial charge in [-0.25, -0.2) is 0 Å². The van der Waals surface area contributed by atoms with E-state index >= 15 is 0 Å². The molecule has 0 spiro atoms. The van der Waals surface area contributed by atoms with Crippen molar-refractivity contribution in [1.29, 1.82) is 0 Å². The number of nitrogens with zero attached hydrogens (tertiary/aromatic N) is 2. The van der Waals surface area contributed by atoms with E-state index in [1.165, 1.54) is 0 Å². The molecule has 2 aromatic heterocycles. The van der Waals surface area contributed by atoms with E-state index in [2.05, 4.69) is 28.2 Å². The van der Waals surface area contributed by atoms with Crippen LogP contribution in [0.2, 0.25) is 0 Å². The van der Waals surface area contributed by atoms with E-state index in [0.717, 1.165) is 33.2 Å². The van der Waals surface area contributed by atoms with Crippen LogP contribution < -0.4 is 0 Å². The molecular formula is C18H20Cl2N2O2. The summed E-state index contributed by atoms with van der Waals surface area (Å²) in [5, 5.41) is 2.24. The first-order valence-corrected chi connectivity index (χ1v) is 7.11. The number of benzene rings is 1. The second-order valence-electron chi connectivity index (χ2n) is 5.15. The molecule has 128 valence electrons. The van der Waals surface area contributed by atoms with Gasteiger partial charge in [-0.05, 0) is 46.8 Å². The van der Waals surface area contributed by atoms with Gasteiger partial charge in [-0.3, -0.25) is 9.97 Å². The smallest absolute Gasteiger partial charge is 0.0723 e. The quantitative estimate of drug-likeness (QED) is 0.669. The van der Waals surface area contributed by atoms with Gasteiger partial charge in [-0.2, -0.15) is 0 Å². The van der Waals surface area contributed by atoms with Gasteiger partial charge in [0.25, 0.3) is 0 Å². The van der Waals surface area contributed by atoms with Gasteiger partial charge >= 0.3 is 0 Å². The van der Waals surface area contributed by atoms with E-state index < -0.39 is 0 Å². The fraction of sp³-hybridized carbons (Fsp3) is 0.222. The number of hydrogen-bond donors (Lipinski definition) is 0. The fourth-order valence-electron chi connectivity index (χ4n) is 2.54. The predicted octanol–water partition coefficient (Wildman–Crippen LogP) is 4.43. The van der Waals surface area contributed by atoms with Crippen LogP contribution in [0.4, 0.5) is 0 Å². The minimum Gasteiger partial charge on any atom is -0.380 e. The highest BCUT2D eigenvalue weighted by atomic mass is 35.5. The van der Waals surface area contributed by atoms with E-state index in [-0.39, 0.29) is 24.8 Å². The Kier molecular flexibility index (Phi) is 8.08. The van der Waals surface area contributed by atoms with Crippen molar-refractivity contribution in [3.05, 3.63) is 60.0 Å². The SMILES string of the molecule is COCc1cc2cnc(-c3cccnc3)cc2cc1COC.Cl.Cl. The molecule has 3 rings (SSSR count). The van der Waals surface area contributed by atoms with E-state index in [1.807, 2.05) is 24.5 Å². The summed E-state index contributed by atoms with van der Waals surface area (Å²) in [6.45, 7) is 1.14. The minimum absolute atomic E-state index is 0. The Labute approximate surface area is 154 Å². The molecule has 0 aliphatic rings. The number of methoxy groups -OCH3 is 2. The highest BCUT2D eigenvalue weighted by Crippen LogP contribution is 2.25. The molecule has 0 saturated carbocycles. The zero-order valence-electron chi connectivity index (χ0n) is 13.6. The summed E-state index contributed by atoms with van der Waals surface area (Å²) in [5.41, 5.74) is 4.20. The summed E-state index contributed by atoms with van der Waals surface area (Å²) in [7, 11) is 3.40. The van der Waals surface area contributed by atoms with Crippen molar-refractivity contribution in [2.45, 2.75) is 13.2 Å². The second-order valence-corrected chi connectivity index (χ2v) is 5.15. The third-order valence-corrected chi connectivity index (χ3v) is 3.60. The number of aromatic nitrogens is 2. The van der Waals surface area contributed by atoms with Crippen LogP contribution in [-0.4, -0.2) is 24.2 Å². The lowest BCUT2D eigenvalue weighted by atomic mass is 10.0. The standard InChI is InChI=1S/C18H18N2O2.2ClH/c1-21-11-16-6-14-8-18(13-4-3-5-19-9-13)20-10-15(14)7-17(16)12-22-2;;/h3-10H,11-12H2,1-2H3;2*1H. The molecule has 0 bridgehead atoms. The Balaban J connectivity index is 0.00000144. The Morgan fingerprint density at radius 2 is 1.54 bits per heavy atom. The van der Waals surface area contributed by atoms with Crippen LogP contribution in [0.3, 0.4) is 0 Å². The van der Waals surface area contributed by atoms with Gasteiger partial charge in [0.15, 0.2) is 0 Å². The van der Waals surface area contributed by atoms with E-state index in [0.29, 0.717) is 13.2 Å². The molecule has 3 aromatic rings. The van der Waals surface area contributed by atoms with Crippen molar-refractivity contribution in [3.8, 4) is 11.3 Å². The first-order chi connectivity index (χ1) is 10.8. The lowest BCUT2D eigenvalue weighted by molar-refractivity contribution is 0.168. The van der Waals surface area contributed by atoms with Gasteiger partial charge in [-0.1, -0.05) is 0 Å². The third-order valence-electron chi connectivity index (χ3n) is 3.60. The first kappa shape index (κ1) is 20.3. The van der Waals surface area contributed by atoms with E-state index in [1.54, 1.807) is 20.4 Å². The fourth-order valence-corrected chi connectivity index (χ4v) is 2.54. The van der Waals surface area contributed by atoms with Crippen LogP contribution in [0, 0.1) is 0 Å². The number of pyridine rings is 2. The van der Waals surface area contributed by atoms with E-state index in [9.17, 15) is 0 Å². The highest BCUT2D eigenvalue weighted by Gasteiger charge is 2.07. The molecule has 0 aliphatic heterocycles. The molecule has 24 heavy (non-hydrogen) atoms. The van der Waals surface area contributed by atoms with Gasteiger partial charge in [0.05, 0.1) is 18.9 Å². The van der Waals surface area contributed by atoms with Crippen LogP contribution in [0.5, 0.6) is 0 Å². The zero-order valence-corrected chi connectivity index (χ0v) is 15.2. The van der Waals surface area contributed by atoms with Crippen molar-refractivity contribution in [2.75, 3.05) is 14.2 Å². The summed E-state index contributed by atoms with van der Waals surface area (Å²) in [6.07, 6.45) is 5.48. The Morgan fingerprint density at radius 3 is 2.12 bits per heavy atom. The maximum absolute atomic E-state index is 5.30. The molecule has 0 unspecified atom stereocenters. The maximum atomic E-state index is 5.30. The first-order valence-electron chi connectivity index (χ1n) is 7.11. The highest BCUT2D eigenvalue weighted by molar-refractivity contribution is 5.86. The van der Waals surface area contributed by atoms with Gasteiger partial charge in [-0.15, -0.1) is 24.8 Å². The van der Waals surface area contributed by atoms with Crippen LogP contribution in [-0.2, 0) is 22.7 Å². The Hall–Kier alpha value is -1.72. The summed E-state index contributed by atoms with van der Waals surface area (Å²) in [4.78, 5) is 8.69. The molecule has 0 atom stereocenters. The molecule has 0 fully saturated rings. The normalized spacial score (nSPS) is 10.1. The molecule has 0 radical (unpaired) electrons. The van der Waals surface area contributed by atoms with Crippen LogP contribution in [0.1, 0.15) is 11.1 Å². The van der Waals surface area contributed by atoms with Crippen molar-refractivity contribution >= 4 is 35.6 Å². The van der Waals surface area contributed by atoms with E-state index in [4.69, 9.17) is 9.47 Å². The molecular weight excluding hydrogens is 347 g/mol. The molecule has 0 saturated heterocycles. The Morgan fingerprint density at radius 1 is 0.875 bits per heavy atom. The number of halogens is 2. The number of rotatable bonds is 5. The molecule has 4 nitrogen and oxygen atoms in total. The summed E-state index contributed by atoms with van der Waals surface area (Å²) in [5.74, 6) is 0. The predicted molar refractivity (Wildman–Crippen MR) is 101 cm³/mol. The lowest BCUT2D eigenvalue weighted by Crippen LogP contribution is -1.98. The second kappa shape index (κ2) is 9.55. The van der Waals surface area contributed by atoms with Crippen LogP contribution in [0.15, 0.2) is 48.9 Å². The summed E-state index contributed by atoms with van der Waals surface area (Å²) < 4.78 is 10.6. The molecule has 1 aromatic carbocycles. The number of hydrogen-bond acceptors (Lipinski definition) is 4. The minimum atomic E-state index is 0. The summed E-state index contributed by atoms with van der Waals surface area (Å²) in [6, 6.07) is 10.3. The average Bonchev–Trinajstić information content (AvgIpc) is 2.56. The van der Waals surface area contributed by atoms with Gasteiger partial charge in [0.1, 0.15) is 0 Å². The number of ether oxygens (including phenoxy) is 2. The average molecular weight is 367 g/mol. The van der Waals surface area contributed by atoms with Crippen molar-refractivity contribution in [3.63, 3.8) is 0 Å². The largest absolute Gasteiger partial charge is 0.380 e.